The van der Waals surface area contributed by atoms with Crippen LogP contribution in [0.5, 0.6) is 0 Å². The van der Waals surface area contributed by atoms with Crippen molar-refractivity contribution in [2.24, 2.45) is 10.8 Å². The van der Waals surface area contributed by atoms with Crippen molar-refractivity contribution in [1.29, 1.82) is 0 Å². The maximum absolute atomic E-state index is 14.2. The van der Waals surface area contributed by atoms with E-state index in [1.807, 2.05) is 70.5 Å². The Labute approximate surface area is 271 Å². The molecule has 4 unspecified atom stereocenters. The van der Waals surface area contributed by atoms with Gasteiger partial charge in [-0.15, -0.1) is 23.5 Å². The van der Waals surface area contributed by atoms with Crippen molar-refractivity contribution in [3.8, 4) is 0 Å². The molecule has 0 aliphatic carbocycles. The summed E-state index contributed by atoms with van der Waals surface area (Å²) in [6.45, 7) is 8.07. The van der Waals surface area contributed by atoms with Crippen molar-refractivity contribution in [3.63, 3.8) is 0 Å². The van der Waals surface area contributed by atoms with Crippen LogP contribution in [0.2, 0.25) is 0 Å². The minimum atomic E-state index is -1.24. The van der Waals surface area contributed by atoms with E-state index in [1.54, 1.807) is 16.7 Å². The van der Waals surface area contributed by atoms with Crippen molar-refractivity contribution < 1.29 is 33.4 Å². The lowest BCUT2D eigenvalue weighted by atomic mass is 9.72. The number of aryl methyl sites for hydroxylation is 1. The summed E-state index contributed by atoms with van der Waals surface area (Å²) in [6, 6.07) is 8.78. The minimum absolute atomic E-state index is 0.0720. The maximum Gasteiger partial charge on any atom is 0.325 e. The van der Waals surface area contributed by atoms with Crippen molar-refractivity contribution in [3.05, 3.63) is 35.9 Å². The largest absolute Gasteiger partial charge is 0.548 e. The number of carbonyl (C=O) groups excluding carboxylic acids is 4. The van der Waals surface area contributed by atoms with E-state index in [2.05, 4.69) is 4.74 Å². The number of carbonyl (C=O) groups is 4. The highest BCUT2D eigenvalue weighted by Crippen LogP contribution is 2.51. The van der Waals surface area contributed by atoms with Crippen LogP contribution in [-0.2, 0) is 30.3 Å². The van der Waals surface area contributed by atoms with E-state index in [9.17, 15) is 28.7 Å². The highest BCUT2D eigenvalue weighted by molar-refractivity contribution is 7.99. The van der Waals surface area contributed by atoms with E-state index >= 15 is 0 Å². The van der Waals surface area contributed by atoms with E-state index in [0.717, 1.165) is 18.4 Å². The molecule has 0 radical (unpaired) electrons. The van der Waals surface area contributed by atoms with Gasteiger partial charge in [0.1, 0.15) is 12.7 Å². The van der Waals surface area contributed by atoms with Gasteiger partial charge < -0.3 is 24.4 Å². The second kappa shape index (κ2) is 17.4. The van der Waals surface area contributed by atoms with Gasteiger partial charge in [0, 0.05) is 0 Å². The quantitative estimate of drug-likeness (QED) is 0.169. The standard InChI is InChI=1S/C22H32FNO3S.C11H19NO3S/c1-4-22(5-2)20(27)24(21(22)28-3)18(19(25)26)13-9-12-17(23)15-14-16-10-7-6-8-11-16;1-5-11(6-2)9(14)12(10(11)16-4)7-8(13)15-3/h6-8,10-11,17-18,21H,4-5,9,12-15H2,1-3H3,(H,25,26);10H,5-7H2,1-4H3/p-1. The molecule has 2 aliphatic rings. The number of thioether (sulfide) groups is 2. The number of likely N-dealkylation sites (tertiary alicyclic amines) is 2. The highest BCUT2D eigenvalue weighted by atomic mass is 32.2. The second-order valence-corrected chi connectivity index (χ2v) is 13.3. The Morgan fingerprint density at radius 1 is 0.909 bits per heavy atom. The first-order valence-electron chi connectivity index (χ1n) is 15.6. The third-order valence-corrected chi connectivity index (χ3v) is 11.8. The number of ether oxygens (including phenoxy) is 1. The summed E-state index contributed by atoms with van der Waals surface area (Å²) in [5.74, 6) is -1.62. The molecule has 0 spiro atoms. The molecule has 44 heavy (non-hydrogen) atoms. The zero-order valence-corrected chi connectivity index (χ0v) is 28.9. The van der Waals surface area contributed by atoms with Gasteiger partial charge in [0.05, 0.1) is 40.7 Å². The van der Waals surface area contributed by atoms with Crippen molar-refractivity contribution in [2.75, 3.05) is 26.2 Å². The number of hydrogen-bond acceptors (Lipinski definition) is 8. The number of amides is 2. The molecule has 2 aliphatic heterocycles. The van der Waals surface area contributed by atoms with Crippen LogP contribution < -0.4 is 5.11 Å². The molecule has 8 nitrogen and oxygen atoms in total. The Morgan fingerprint density at radius 2 is 1.45 bits per heavy atom. The summed E-state index contributed by atoms with van der Waals surface area (Å²) < 4.78 is 18.8. The van der Waals surface area contributed by atoms with Gasteiger partial charge in [-0.1, -0.05) is 58.0 Å². The summed E-state index contributed by atoms with van der Waals surface area (Å²) in [7, 11) is 1.34. The van der Waals surface area contributed by atoms with Crippen LogP contribution in [0.3, 0.4) is 0 Å². The fraction of sp³-hybridized carbons (Fsp3) is 0.697. The van der Waals surface area contributed by atoms with Crippen LogP contribution in [0.1, 0.15) is 84.6 Å². The molecule has 1 aromatic carbocycles. The van der Waals surface area contributed by atoms with E-state index < -0.39 is 23.6 Å². The number of carboxylic acids is 1. The van der Waals surface area contributed by atoms with Crippen LogP contribution in [0.4, 0.5) is 4.39 Å². The lowest BCUT2D eigenvalue weighted by molar-refractivity contribution is -0.313. The predicted octanol–water partition coefficient (Wildman–Crippen LogP) is 5.08. The van der Waals surface area contributed by atoms with Gasteiger partial charge >= 0.3 is 5.97 Å². The number of methoxy groups -OCH3 is 1. The summed E-state index contributed by atoms with van der Waals surface area (Å²) in [4.78, 5) is 50.8. The molecule has 0 bridgehead atoms. The average Bonchev–Trinajstić information content (AvgIpc) is 3.04. The molecule has 248 valence electrons. The van der Waals surface area contributed by atoms with Gasteiger partial charge in [-0.25, -0.2) is 4.39 Å². The lowest BCUT2D eigenvalue weighted by Gasteiger charge is -2.58. The number of benzene rings is 1. The molecule has 0 saturated carbocycles. The maximum atomic E-state index is 14.2. The first-order chi connectivity index (χ1) is 21.0. The van der Waals surface area contributed by atoms with Gasteiger partial charge in [0.25, 0.3) is 0 Å². The first kappa shape index (κ1) is 37.9. The van der Waals surface area contributed by atoms with Crippen molar-refractivity contribution in [1.82, 2.24) is 9.80 Å². The summed E-state index contributed by atoms with van der Waals surface area (Å²) >= 11 is 3.14. The van der Waals surface area contributed by atoms with Crippen molar-refractivity contribution >= 4 is 47.3 Å². The van der Waals surface area contributed by atoms with Crippen LogP contribution in [0, 0.1) is 10.8 Å². The van der Waals surface area contributed by atoms with Crippen LogP contribution in [0.25, 0.3) is 0 Å². The number of nitrogens with zero attached hydrogens (tertiary/aromatic N) is 2. The molecule has 2 saturated heterocycles. The van der Waals surface area contributed by atoms with Crippen LogP contribution >= 0.6 is 23.5 Å². The zero-order chi connectivity index (χ0) is 33.1. The smallest absolute Gasteiger partial charge is 0.325 e. The molecule has 3 rings (SSSR count). The number of β-lactam (4-membered cyclic amide) rings is 2. The molecule has 0 aromatic heterocycles. The topological polar surface area (TPSA) is 107 Å². The number of esters is 1. The highest BCUT2D eigenvalue weighted by Gasteiger charge is 2.60. The number of carboxylic acid groups (broad SMARTS) is 1. The predicted molar refractivity (Wildman–Crippen MR) is 174 cm³/mol. The average molecular weight is 654 g/mol. The van der Waals surface area contributed by atoms with E-state index in [1.165, 1.54) is 23.8 Å². The number of halogens is 1. The number of rotatable bonds is 17. The zero-order valence-electron chi connectivity index (χ0n) is 27.3. The van der Waals surface area contributed by atoms with Gasteiger partial charge in [0.15, 0.2) is 0 Å². The molecule has 2 heterocycles. The monoisotopic (exact) mass is 653 g/mol. The van der Waals surface area contributed by atoms with Gasteiger partial charge in [-0.2, -0.15) is 0 Å². The Morgan fingerprint density at radius 3 is 1.93 bits per heavy atom. The Balaban J connectivity index is 0.000000358. The normalized spacial score (nSPS) is 21.4. The number of hydrogen-bond donors (Lipinski definition) is 0. The third-order valence-electron chi connectivity index (χ3n) is 9.52. The van der Waals surface area contributed by atoms with Crippen LogP contribution in [0.15, 0.2) is 30.3 Å². The Bertz CT molecular complexity index is 1100. The molecule has 4 atom stereocenters. The summed E-state index contributed by atoms with van der Waals surface area (Å²) in [5, 5.41) is 11.7. The van der Waals surface area contributed by atoms with Crippen LogP contribution in [-0.4, -0.2) is 82.7 Å². The van der Waals surface area contributed by atoms with Crippen molar-refractivity contribution in [2.45, 2.75) is 108 Å². The van der Waals surface area contributed by atoms with Gasteiger partial charge in [-0.3, -0.25) is 14.4 Å². The number of alkyl halides is 1. The van der Waals surface area contributed by atoms with E-state index in [4.69, 9.17) is 0 Å². The molecule has 2 amide bonds. The molecular weight excluding hydrogens is 604 g/mol. The van der Waals surface area contributed by atoms with E-state index in [0.29, 0.717) is 38.5 Å². The second-order valence-electron chi connectivity index (χ2n) is 11.5. The molecule has 2 fully saturated rings. The van der Waals surface area contributed by atoms with Gasteiger partial charge in [0.2, 0.25) is 11.8 Å². The summed E-state index contributed by atoms with van der Waals surface area (Å²) in [6.07, 6.45) is 7.98. The molecule has 1 aromatic rings. The summed E-state index contributed by atoms with van der Waals surface area (Å²) in [5.41, 5.74) is 0.348. The lowest BCUT2D eigenvalue weighted by Crippen LogP contribution is -2.72. The third kappa shape index (κ3) is 7.92. The fourth-order valence-electron chi connectivity index (χ4n) is 6.57. The Hall–Kier alpha value is -2.27. The van der Waals surface area contributed by atoms with E-state index in [-0.39, 0.29) is 46.9 Å². The number of aliphatic carboxylic acids is 1. The van der Waals surface area contributed by atoms with Gasteiger partial charge in [-0.05, 0) is 75.9 Å². The minimum Gasteiger partial charge on any atom is -0.548 e. The Kier molecular flexibility index (Phi) is 15.0. The first-order valence-corrected chi connectivity index (χ1v) is 18.2. The molecular formula is C33H50FN2O6S2-. The SMILES string of the molecule is CCC1(CC)C(=O)N(C(CCCC(F)CCc2ccccc2)C(=O)[O-])C1SC.CCC1(CC)C(=O)N(CC(=O)OC)C1SC. The molecule has 0 N–H and O–H groups in total. The fourth-order valence-corrected chi connectivity index (χ4v) is 9.24. The molecule has 11 heteroatoms.